The number of hydrogen-bond donors (Lipinski definition) is 1. The van der Waals surface area contributed by atoms with Gasteiger partial charge in [-0.25, -0.2) is 0 Å². The van der Waals surface area contributed by atoms with Gasteiger partial charge in [0.2, 0.25) is 0 Å². The predicted octanol–water partition coefficient (Wildman–Crippen LogP) is 1.94. The first-order chi connectivity index (χ1) is 7.00. The van der Waals surface area contributed by atoms with Crippen molar-refractivity contribution in [3.05, 3.63) is 0 Å². The molecule has 0 radical (unpaired) electrons. The van der Waals surface area contributed by atoms with E-state index in [9.17, 15) is 0 Å². The van der Waals surface area contributed by atoms with Crippen molar-refractivity contribution in [2.45, 2.75) is 44.4 Å². The van der Waals surface area contributed by atoms with E-state index in [1.807, 2.05) is 0 Å². The molecule has 2 aliphatic heterocycles. The van der Waals surface area contributed by atoms with E-state index in [2.05, 4.69) is 37.4 Å². The maximum absolute atomic E-state index is 6.07. The van der Waals surface area contributed by atoms with Crippen molar-refractivity contribution >= 4 is 11.8 Å². The van der Waals surface area contributed by atoms with Gasteiger partial charge >= 0.3 is 0 Å². The van der Waals surface area contributed by atoms with Gasteiger partial charge in [0.1, 0.15) is 0 Å². The van der Waals surface area contributed by atoms with Crippen molar-refractivity contribution in [2.24, 2.45) is 11.1 Å². The summed E-state index contributed by atoms with van der Waals surface area (Å²) in [5.74, 6) is 1.29. The molecule has 0 saturated carbocycles. The highest BCUT2D eigenvalue weighted by molar-refractivity contribution is 8.00. The van der Waals surface area contributed by atoms with Gasteiger partial charge in [0.15, 0.2) is 0 Å². The zero-order chi connectivity index (χ0) is 11.1. The Kier molecular flexibility index (Phi) is 3.08. The normalized spacial score (nSPS) is 41.2. The molecule has 2 rings (SSSR count). The third kappa shape index (κ3) is 1.94. The second-order valence-corrected chi connectivity index (χ2v) is 7.36. The number of nitrogens with zero attached hydrogens (tertiary/aromatic N) is 1. The lowest BCUT2D eigenvalue weighted by atomic mass is 9.89. The van der Waals surface area contributed by atoms with E-state index in [0.29, 0.717) is 16.2 Å². The highest BCUT2D eigenvalue weighted by Gasteiger charge is 2.48. The van der Waals surface area contributed by atoms with Gasteiger partial charge in [-0.05, 0) is 30.6 Å². The average molecular weight is 228 g/mol. The number of rotatable bonds is 2. The summed E-state index contributed by atoms with van der Waals surface area (Å²) < 4.78 is 0. The summed E-state index contributed by atoms with van der Waals surface area (Å²) in [7, 11) is 0. The van der Waals surface area contributed by atoms with Gasteiger partial charge in [-0.2, -0.15) is 11.8 Å². The maximum Gasteiger partial charge on any atom is 0.0455 e. The van der Waals surface area contributed by atoms with Crippen LogP contribution in [-0.2, 0) is 0 Å². The van der Waals surface area contributed by atoms with Crippen molar-refractivity contribution in [2.75, 3.05) is 25.4 Å². The summed E-state index contributed by atoms with van der Waals surface area (Å²) in [6.45, 7) is 10.4. The molecule has 2 saturated heterocycles. The zero-order valence-corrected chi connectivity index (χ0v) is 11.1. The van der Waals surface area contributed by atoms with Gasteiger partial charge in [-0.3, -0.25) is 4.90 Å². The molecule has 2 nitrogen and oxygen atoms in total. The summed E-state index contributed by atoms with van der Waals surface area (Å²) in [5.41, 5.74) is 6.87. The first kappa shape index (κ1) is 11.7. The zero-order valence-electron chi connectivity index (χ0n) is 10.3. The Morgan fingerprint density at radius 2 is 2.13 bits per heavy atom. The number of thioether (sulfide) groups is 1. The second kappa shape index (κ2) is 3.94. The maximum atomic E-state index is 6.07. The number of nitrogens with two attached hydrogens (primary N) is 1. The topological polar surface area (TPSA) is 29.3 Å². The predicted molar refractivity (Wildman–Crippen MR) is 68.3 cm³/mol. The minimum absolute atomic E-state index is 0.304. The molecule has 15 heavy (non-hydrogen) atoms. The third-order valence-corrected chi connectivity index (χ3v) is 5.70. The molecular weight excluding hydrogens is 204 g/mol. The lowest BCUT2D eigenvalue weighted by Crippen LogP contribution is -2.56. The molecule has 0 amide bonds. The van der Waals surface area contributed by atoms with Crippen LogP contribution in [0.2, 0.25) is 0 Å². The Morgan fingerprint density at radius 1 is 1.40 bits per heavy atom. The lowest BCUT2D eigenvalue weighted by Gasteiger charge is -2.41. The SMILES string of the molecule is CC1SCCC1(CN)N1CCC(C)(C)C1. The Balaban J connectivity index is 2.14. The van der Waals surface area contributed by atoms with Crippen LogP contribution >= 0.6 is 11.8 Å². The van der Waals surface area contributed by atoms with E-state index in [0.717, 1.165) is 6.54 Å². The van der Waals surface area contributed by atoms with Crippen molar-refractivity contribution in [1.29, 1.82) is 0 Å². The molecule has 0 aromatic rings. The molecule has 0 aromatic heterocycles. The number of hydrogen-bond acceptors (Lipinski definition) is 3. The van der Waals surface area contributed by atoms with Gasteiger partial charge in [0, 0.05) is 23.9 Å². The fraction of sp³-hybridized carbons (Fsp3) is 1.00. The average Bonchev–Trinajstić information content (AvgIpc) is 2.70. The molecule has 3 heteroatoms. The molecule has 2 unspecified atom stereocenters. The van der Waals surface area contributed by atoms with E-state index in [-0.39, 0.29) is 0 Å². The van der Waals surface area contributed by atoms with Crippen molar-refractivity contribution in [3.63, 3.8) is 0 Å². The molecule has 2 heterocycles. The van der Waals surface area contributed by atoms with Crippen LogP contribution < -0.4 is 5.73 Å². The molecule has 2 fully saturated rings. The molecule has 0 spiro atoms. The van der Waals surface area contributed by atoms with Crippen molar-refractivity contribution in [1.82, 2.24) is 4.90 Å². The van der Waals surface area contributed by atoms with E-state index < -0.39 is 0 Å². The van der Waals surface area contributed by atoms with E-state index in [4.69, 9.17) is 5.73 Å². The van der Waals surface area contributed by atoms with Gasteiger partial charge < -0.3 is 5.73 Å². The fourth-order valence-corrected chi connectivity index (χ4v) is 4.57. The largest absolute Gasteiger partial charge is 0.329 e. The van der Waals surface area contributed by atoms with Crippen LogP contribution in [0.4, 0.5) is 0 Å². The van der Waals surface area contributed by atoms with Crippen LogP contribution in [0, 0.1) is 5.41 Å². The number of likely N-dealkylation sites (tertiary alicyclic amines) is 1. The van der Waals surface area contributed by atoms with E-state index in [1.165, 1.54) is 31.7 Å². The monoisotopic (exact) mass is 228 g/mol. The van der Waals surface area contributed by atoms with Crippen molar-refractivity contribution in [3.8, 4) is 0 Å². The fourth-order valence-electron chi connectivity index (χ4n) is 3.08. The molecule has 0 aliphatic carbocycles. The van der Waals surface area contributed by atoms with Gasteiger partial charge in [0.05, 0.1) is 0 Å². The highest BCUT2D eigenvalue weighted by atomic mass is 32.2. The molecule has 2 atom stereocenters. The summed E-state index contributed by atoms with van der Waals surface area (Å²) in [4.78, 5) is 2.68. The van der Waals surface area contributed by atoms with E-state index >= 15 is 0 Å². The summed E-state index contributed by atoms with van der Waals surface area (Å²) in [6.07, 6.45) is 2.61. The van der Waals surface area contributed by atoms with E-state index in [1.54, 1.807) is 0 Å². The van der Waals surface area contributed by atoms with Crippen LogP contribution in [0.5, 0.6) is 0 Å². The highest BCUT2D eigenvalue weighted by Crippen LogP contribution is 2.43. The molecule has 2 aliphatic rings. The van der Waals surface area contributed by atoms with Crippen molar-refractivity contribution < 1.29 is 0 Å². The Hall–Kier alpha value is 0.270. The standard InChI is InChI=1S/C12H24N2S/c1-10-12(8-13,5-7-15-10)14-6-4-11(2,3)9-14/h10H,4-9,13H2,1-3H3. The molecule has 0 bridgehead atoms. The quantitative estimate of drug-likeness (QED) is 0.783. The van der Waals surface area contributed by atoms with Gasteiger partial charge in [0.25, 0.3) is 0 Å². The first-order valence-corrected chi connectivity index (χ1v) is 7.12. The molecule has 0 aromatic carbocycles. The van der Waals surface area contributed by atoms with Crippen LogP contribution in [0.15, 0.2) is 0 Å². The first-order valence-electron chi connectivity index (χ1n) is 6.07. The Labute approximate surface area is 98.0 Å². The second-order valence-electron chi connectivity index (χ2n) is 5.91. The smallest absolute Gasteiger partial charge is 0.0455 e. The Bertz CT molecular complexity index is 242. The lowest BCUT2D eigenvalue weighted by molar-refractivity contribution is 0.115. The third-order valence-electron chi connectivity index (χ3n) is 4.32. The van der Waals surface area contributed by atoms with Crippen LogP contribution in [0.1, 0.15) is 33.6 Å². The van der Waals surface area contributed by atoms with Gasteiger partial charge in [-0.1, -0.05) is 20.8 Å². The van der Waals surface area contributed by atoms with Gasteiger partial charge in [-0.15, -0.1) is 0 Å². The molecule has 88 valence electrons. The molecule has 2 N–H and O–H groups in total. The van der Waals surface area contributed by atoms with Crippen LogP contribution in [0.3, 0.4) is 0 Å². The summed E-state index contributed by atoms with van der Waals surface area (Å²) >= 11 is 2.09. The Morgan fingerprint density at radius 3 is 2.53 bits per heavy atom. The summed E-state index contributed by atoms with van der Waals surface area (Å²) in [6, 6.07) is 0. The minimum atomic E-state index is 0.304. The van der Waals surface area contributed by atoms with Crippen LogP contribution in [0.25, 0.3) is 0 Å². The minimum Gasteiger partial charge on any atom is -0.329 e. The van der Waals surface area contributed by atoms with Crippen LogP contribution in [-0.4, -0.2) is 41.1 Å². The molecular formula is C12H24N2S. The summed E-state index contributed by atoms with van der Waals surface area (Å²) in [5, 5.41) is 0.705.